The van der Waals surface area contributed by atoms with E-state index in [4.69, 9.17) is 17.3 Å². The summed E-state index contributed by atoms with van der Waals surface area (Å²) in [5.41, 5.74) is 6.14. The highest BCUT2D eigenvalue weighted by atomic mass is 35.5. The van der Waals surface area contributed by atoms with Crippen LogP contribution in [0.2, 0.25) is 5.02 Å². The van der Waals surface area contributed by atoms with Gasteiger partial charge in [0.25, 0.3) is 10.0 Å². The van der Waals surface area contributed by atoms with E-state index >= 15 is 0 Å². The summed E-state index contributed by atoms with van der Waals surface area (Å²) >= 11 is 5.86. The van der Waals surface area contributed by atoms with E-state index in [9.17, 15) is 12.8 Å². The molecular formula is C12H11ClFN3O2S. The summed E-state index contributed by atoms with van der Waals surface area (Å²) in [6, 6.07) is 2.46. The van der Waals surface area contributed by atoms with Crippen molar-refractivity contribution in [2.75, 3.05) is 5.73 Å². The molecule has 1 aliphatic rings. The molecule has 0 unspecified atom stereocenters. The molecule has 0 amide bonds. The van der Waals surface area contributed by atoms with Crippen LogP contribution in [0.3, 0.4) is 0 Å². The second-order valence-corrected chi connectivity index (χ2v) is 7.18. The van der Waals surface area contributed by atoms with Gasteiger partial charge in [-0.05, 0) is 25.0 Å². The van der Waals surface area contributed by atoms with Crippen molar-refractivity contribution in [1.82, 2.24) is 9.19 Å². The molecule has 0 spiro atoms. The van der Waals surface area contributed by atoms with Crippen molar-refractivity contribution in [3.8, 4) is 11.1 Å². The fourth-order valence-corrected chi connectivity index (χ4v) is 3.53. The predicted molar refractivity (Wildman–Crippen MR) is 74.4 cm³/mol. The van der Waals surface area contributed by atoms with Crippen LogP contribution in [-0.2, 0) is 10.0 Å². The van der Waals surface area contributed by atoms with Crippen LogP contribution in [0.1, 0.15) is 12.8 Å². The molecule has 0 radical (unpaired) electrons. The Labute approximate surface area is 120 Å². The molecule has 5 nitrogen and oxygen atoms in total. The maximum atomic E-state index is 13.9. The Morgan fingerprint density at radius 2 is 2.10 bits per heavy atom. The number of nitrogen functional groups attached to an aromatic ring is 1. The molecule has 1 aromatic heterocycles. The van der Waals surface area contributed by atoms with Gasteiger partial charge >= 0.3 is 0 Å². The van der Waals surface area contributed by atoms with Gasteiger partial charge in [-0.15, -0.1) is 0 Å². The summed E-state index contributed by atoms with van der Waals surface area (Å²) in [5, 5.41) is 3.63. The first kappa shape index (κ1) is 13.4. The highest BCUT2D eigenvalue weighted by Crippen LogP contribution is 2.32. The number of benzene rings is 1. The van der Waals surface area contributed by atoms with E-state index in [2.05, 4.69) is 5.10 Å². The Morgan fingerprint density at radius 1 is 1.40 bits per heavy atom. The molecule has 1 aromatic carbocycles. The summed E-state index contributed by atoms with van der Waals surface area (Å²) in [6.45, 7) is 0. The van der Waals surface area contributed by atoms with Crippen LogP contribution in [0.25, 0.3) is 11.1 Å². The predicted octanol–water partition coefficient (Wildman–Crippen LogP) is 2.27. The molecular weight excluding hydrogens is 305 g/mol. The average Bonchev–Trinajstić information content (AvgIpc) is 3.13. The summed E-state index contributed by atoms with van der Waals surface area (Å²) in [6.07, 6.45) is 3.86. The fourth-order valence-electron chi connectivity index (χ4n) is 1.89. The normalized spacial score (nSPS) is 15.5. The van der Waals surface area contributed by atoms with Crippen LogP contribution in [0.4, 0.5) is 10.1 Å². The van der Waals surface area contributed by atoms with Crippen LogP contribution in [0.5, 0.6) is 0 Å². The first-order valence-corrected chi connectivity index (χ1v) is 7.81. The zero-order valence-corrected chi connectivity index (χ0v) is 11.8. The molecule has 0 aliphatic heterocycles. The first-order chi connectivity index (χ1) is 9.39. The van der Waals surface area contributed by atoms with Gasteiger partial charge in [0.15, 0.2) is 0 Å². The van der Waals surface area contributed by atoms with E-state index in [1.807, 2.05) is 0 Å². The number of anilines is 1. The van der Waals surface area contributed by atoms with E-state index in [0.717, 1.165) is 10.2 Å². The molecule has 106 valence electrons. The van der Waals surface area contributed by atoms with Crippen molar-refractivity contribution in [3.05, 3.63) is 35.4 Å². The van der Waals surface area contributed by atoms with Crippen LogP contribution in [0.15, 0.2) is 24.5 Å². The molecule has 1 saturated carbocycles. The van der Waals surface area contributed by atoms with Crippen molar-refractivity contribution in [3.63, 3.8) is 0 Å². The summed E-state index contributed by atoms with van der Waals surface area (Å²) in [4.78, 5) is 0. The zero-order chi connectivity index (χ0) is 14.5. The second kappa shape index (κ2) is 4.46. The molecule has 1 heterocycles. The second-order valence-electron chi connectivity index (χ2n) is 4.70. The number of nitrogens with zero attached hydrogens (tertiary/aromatic N) is 2. The van der Waals surface area contributed by atoms with Gasteiger partial charge in [-0.2, -0.15) is 9.19 Å². The van der Waals surface area contributed by atoms with Crippen molar-refractivity contribution in [2.24, 2.45) is 0 Å². The topological polar surface area (TPSA) is 78.0 Å². The molecule has 1 aliphatic carbocycles. The highest BCUT2D eigenvalue weighted by Gasteiger charge is 2.37. The molecule has 3 rings (SSSR count). The van der Waals surface area contributed by atoms with Gasteiger partial charge in [0.1, 0.15) is 5.82 Å². The Bertz CT molecular complexity index is 784. The minimum Gasteiger partial charge on any atom is -0.397 e. The molecule has 0 saturated heterocycles. The van der Waals surface area contributed by atoms with E-state index in [1.54, 1.807) is 0 Å². The summed E-state index contributed by atoms with van der Waals surface area (Å²) in [5.74, 6) is -0.574. The zero-order valence-electron chi connectivity index (χ0n) is 10.3. The third kappa shape index (κ3) is 2.16. The quantitative estimate of drug-likeness (QED) is 0.881. The number of hydrogen-bond donors (Lipinski definition) is 1. The number of nitrogens with two attached hydrogens (primary N) is 1. The van der Waals surface area contributed by atoms with Crippen LogP contribution in [-0.4, -0.2) is 22.9 Å². The lowest BCUT2D eigenvalue weighted by Gasteiger charge is -2.04. The van der Waals surface area contributed by atoms with Gasteiger partial charge in [-0.3, -0.25) is 0 Å². The third-order valence-corrected chi connectivity index (χ3v) is 5.53. The maximum Gasteiger partial charge on any atom is 0.256 e. The molecule has 2 aromatic rings. The number of aromatic nitrogens is 2. The standard InChI is InChI=1S/C12H11ClFN3O2S/c13-10-3-9(11(14)4-12(10)15)7-5-16-17(6-7)20(18,19)8-1-2-8/h3-6,8H,1-2,15H2. The minimum atomic E-state index is -3.46. The number of rotatable bonds is 3. The highest BCUT2D eigenvalue weighted by molar-refractivity contribution is 7.90. The Kier molecular flexibility index (Phi) is 2.98. The van der Waals surface area contributed by atoms with Gasteiger partial charge in [-0.25, -0.2) is 12.8 Å². The van der Waals surface area contributed by atoms with Crippen molar-refractivity contribution < 1.29 is 12.8 Å². The van der Waals surface area contributed by atoms with E-state index in [-0.39, 0.29) is 21.5 Å². The van der Waals surface area contributed by atoms with Crippen molar-refractivity contribution in [1.29, 1.82) is 0 Å². The van der Waals surface area contributed by atoms with Gasteiger partial charge in [0.05, 0.1) is 28.4 Å². The van der Waals surface area contributed by atoms with Gasteiger partial charge in [0.2, 0.25) is 0 Å². The molecule has 0 bridgehead atoms. The lowest BCUT2D eigenvalue weighted by atomic mass is 10.1. The Balaban J connectivity index is 2.04. The molecule has 20 heavy (non-hydrogen) atoms. The minimum absolute atomic E-state index is 0.130. The smallest absolute Gasteiger partial charge is 0.256 e. The lowest BCUT2D eigenvalue weighted by molar-refractivity contribution is 0.578. The average molecular weight is 316 g/mol. The van der Waals surface area contributed by atoms with Gasteiger partial charge < -0.3 is 5.73 Å². The molecule has 2 N–H and O–H groups in total. The SMILES string of the molecule is Nc1cc(F)c(-c2cnn(S(=O)(=O)C3CC3)c2)cc1Cl. The van der Waals surface area contributed by atoms with E-state index in [0.29, 0.717) is 18.4 Å². The van der Waals surface area contributed by atoms with Gasteiger partial charge in [0, 0.05) is 11.1 Å². The van der Waals surface area contributed by atoms with Crippen LogP contribution < -0.4 is 5.73 Å². The van der Waals surface area contributed by atoms with E-state index < -0.39 is 15.8 Å². The van der Waals surface area contributed by atoms with Crippen molar-refractivity contribution in [2.45, 2.75) is 18.1 Å². The Morgan fingerprint density at radius 3 is 2.75 bits per heavy atom. The lowest BCUT2D eigenvalue weighted by Crippen LogP contribution is -2.17. The van der Waals surface area contributed by atoms with Crippen molar-refractivity contribution >= 4 is 27.3 Å². The molecule has 1 fully saturated rings. The largest absolute Gasteiger partial charge is 0.397 e. The van der Waals surface area contributed by atoms with E-state index in [1.165, 1.54) is 18.5 Å². The van der Waals surface area contributed by atoms with Crippen LogP contribution in [0, 0.1) is 5.82 Å². The fraction of sp³-hybridized carbons (Fsp3) is 0.250. The monoisotopic (exact) mass is 315 g/mol. The first-order valence-electron chi connectivity index (χ1n) is 5.93. The maximum absolute atomic E-state index is 13.9. The Hall–Kier alpha value is -1.60. The summed E-state index contributed by atoms with van der Waals surface area (Å²) in [7, 11) is -3.46. The van der Waals surface area contributed by atoms with Crippen LogP contribution >= 0.6 is 11.6 Å². The molecule has 8 heteroatoms. The van der Waals surface area contributed by atoms with Gasteiger partial charge in [-0.1, -0.05) is 11.6 Å². The third-order valence-electron chi connectivity index (χ3n) is 3.16. The number of halogens is 2. The summed E-state index contributed by atoms with van der Waals surface area (Å²) < 4.78 is 38.8. The molecule has 0 atom stereocenters. The number of hydrogen-bond acceptors (Lipinski definition) is 4.